The number of aromatic nitrogens is 2. The van der Waals surface area contributed by atoms with Crippen LogP contribution in [0.4, 0.5) is 0 Å². The highest BCUT2D eigenvalue weighted by Gasteiger charge is 2.13. The Labute approximate surface area is 90.0 Å². The second kappa shape index (κ2) is 4.72. The fourth-order valence-electron chi connectivity index (χ4n) is 0.966. The van der Waals surface area contributed by atoms with E-state index in [0.29, 0.717) is 24.9 Å². The maximum absolute atomic E-state index is 5.76. The Bertz CT molecular complexity index is 302. The van der Waals surface area contributed by atoms with Gasteiger partial charge in [0.2, 0.25) is 5.89 Å². The van der Waals surface area contributed by atoms with Crippen LogP contribution in [0.15, 0.2) is 4.52 Å². The van der Waals surface area contributed by atoms with Gasteiger partial charge in [0.25, 0.3) is 0 Å². The predicted octanol–water partition coefficient (Wildman–Crippen LogP) is 1.45. The number of ether oxygens (including phenoxy) is 1. The maximum atomic E-state index is 5.76. The van der Waals surface area contributed by atoms with E-state index >= 15 is 0 Å². The smallest absolute Gasteiger partial charge is 0.229 e. The van der Waals surface area contributed by atoms with E-state index in [1.807, 2.05) is 27.7 Å². The molecule has 1 rings (SSSR count). The van der Waals surface area contributed by atoms with Crippen molar-refractivity contribution in [3.05, 3.63) is 11.7 Å². The Hall–Kier alpha value is -0.940. The number of hydrogen-bond acceptors (Lipinski definition) is 5. The van der Waals surface area contributed by atoms with Crippen LogP contribution in [0, 0.1) is 0 Å². The van der Waals surface area contributed by atoms with E-state index in [2.05, 4.69) is 10.1 Å². The van der Waals surface area contributed by atoms with E-state index in [4.69, 9.17) is 15.0 Å². The Kier molecular flexibility index (Phi) is 3.82. The van der Waals surface area contributed by atoms with Crippen molar-refractivity contribution in [1.29, 1.82) is 0 Å². The fourth-order valence-corrected chi connectivity index (χ4v) is 0.966. The normalized spacial score (nSPS) is 12.4. The lowest BCUT2D eigenvalue weighted by Gasteiger charge is -2.17. The summed E-state index contributed by atoms with van der Waals surface area (Å²) in [6.07, 6.45) is 0. The van der Waals surface area contributed by atoms with Gasteiger partial charge in [-0.05, 0) is 13.8 Å². The van der Waals surface area contributed by atoms with Crippen LogP contribution in [-0.2, 0) is 11.3 Å². The van der Waals surface area contributed by atoms with Gasteiger partial charge in [-0.25, -0.2) is 0 Å². The fraction of sp³-hybridized carbons (Fsp3) is 0.800. The van der Waals surface area contributed by atoms with Gasteiger partial charge in [0.1, 0.15) is 6.61 Å². The van der Waals surface area contributed by atoms with E-state index < -0.39 is 0 Å². The summed E-state index contributed by atoms with van der Waals surface area (Å²) in [4.78, 5) is 4.19. The summed E-state index contributed by atoms with van der Waals surface area (Å²) in [5.41, 5.74) is 5.44. The zero-order valence-electron chi connectivity index (χ0n) is 9.78. The molecule has 0 saturated carbocycles. The van der Waals surface area contributed by atoms with Crippen LogP contribution in [0.1, 0.15) is 45.3 Å². The highest BCUT2D eigenvalue weighted by atomic mass is 16.5. The molecule has 0 aliphatic rings. The third-order valence-electron chi connectivity index (χ3n) is 1.68. The molecule has 15 heavy (non-hydrogen) atoms. The van der Waals surface area contributed by atoms with Crippen LogP contribution in [0.5, 0.6) is 0 Å². The molecule has 1 aromatic rings. The average Bonchev–Trinajstić information content (AvgIpc) is 2.50. The first-order valence-electron chi connectivity index (χ1n) is 5.07. The topological polar surface area (TPSA) is 74.2 Å². The Morgan fingerprint density at radius 3 is 2.60 bits per heavy atom. The molecule has 5 heteroatoms. The second-order valence-corrected chi connectivity index (χ2v) is 4.68. The maximum Gasteiger partial charge on any atom is 0.229 e. The van der Waals surface area contributed by atoms with Crippen molar-refractivity contribution in [2.24, 2.45) is 5.73 Å². The van der Waals surface area contributed by atoms with Crippen molar-refractivity contribution < 1.29 is 9.26 Å². The molecule has 1 aromatic heterocycles. The van der Waals surface area contributed by atoms with Crippen molar-refractivity contribution in [1.82, 2.24) is 10.1 Å². The van der Waals surface area contributed by atoms with Crippen molar-refractivity contribution in [3.8, 4) is 0 Å². The second-order valence-electron chi connectivity index (χ2n) is 4.68. The Morgan fingerprint density at radius 2 is 2.13 bits per heavy atom. The zero-order valence-corrected chi connectivity index (χ0v) is 9.78. The van der Waals surface area contributed by atoms with E-state index in [0.717, 1.165) is 0 Å². The molecular formula is C10H19N3O2. The number of nitrogens with two attached hydrogens (primary N) is 1. The van der Waals surface area contributed by atoms with Gasteiger partial charge in [0, 0.05) is 11.5 Å². The first-order valence-corrected chi connectivity index (χ1v) is 5.07. The molecule has 5 nitrogen and oxygen atoms in total. The highest BCUT2D eigenvalue weighted by Crippen LogP contribution is 2.11. The lowest BCUT2D eigenvalue weighted by molar-refractivity contribution is 0.0794. The van der Waals surface area contributed by atoms with Gasteiger partial charge in [0.15, 0.2) is 5.82 Å². The molecule has 0 spiro atoms. The summed E-state index contributed by atoms with van der Waals surface area (Å²) >= 11 is 0. The lowest BCUT2D eigenvalue weighted by Crippen LogP contribution is -2.37. The Balaban J connectivity index is 2.38. The van der Waals surface area contributed by atoms with Crippen LogP contribution >= 0.6 is 0 Å². The van der Waals surface area contributed by atoms with Gasteiger partial charge in [0.05, 0.1) is 6.61 Å². The van der Waals surface area contributed by atoms with E-state index in [1.165, 1.54) is 0 Å². The monoisotopic (exact) mass is 213 g/mol. The molecule has 0 radical (unpaired) electrons. The molecule has 2 N–H and O–H groups in total. The predicted molar refractivity (Wildman–Crippen MR) is 56.3 cm³/mol. The molecule has 0 aliphatic carbocycles. The molecule has 1 heterocycles. The molecule has 0 fully saturated rings. The minimum atomic E-state index is -0.329. The number of hydrogen-bond donors (Lipinski definition) is 1. The summed E-state index contributed by atoms with van der Waals surface area (Å²) in [6, 6.07) is 0. The van der Waals surface area contributed by atoms with E-state index in [-0.39, 0.29) is 11.5 Å². The summed E-state index contributed by atoms with van der Waals surface area (Å²) in [5, 5.41) is 3.81. The molecule has 0 bridgehead atoms. The van der Waals surface area contributed by atoms with Crippen LogP contribution < -0.4 is 5.73 Å². The molecule has 0 aliphatic heterocycles. The number of nitrogens with zero attached hydrogens (tertiary/aromatic N) is 2. The van der Waals surface area contributed by atoms with Crippen LogP contribution in [0.25, 0.3) is 0 Å². The van der Waals surface area contributed by atoms with Crippen molar-refractivity contribution in [2.45, 2.75) is 45.8 Å². The third kappa shape index (κ3) is 4.40. The molecule has 0 amide bonds. The van der Waals surface area contributed by atoms with Gasteiger partial charge < -0.3 is 15.0 Å². The summed E-state index contributed by atoms with van der Waals surface area (Å²) in [7, 11) is 0. The number of rotatable bonds is 5. The van der Waals surface area contributed by atoms with Gasteiger partial charge >= 0.3 is 0 Å². The van der Waals surface area contributed by atoms with Gasteiger partial charge in [-0.15, -0.1) is 0 Å². The van der Waals surface area contributed by atoms with Gasteiger partial charge in [-0.1, -0.05) is 19.0 Å². The van der Waals surface area contributed by atoms with Gasteiger partial charge in [-0.2, -0.15) is 4.98 Å². The summed E-state index contributed by atoms with van der Waals surface area (Å²) in [5.74, 6) is 1.46. The molecule has 0 unspecified atom stereocenters. The molecule has 0 aromatic carbocycles. The Morgan fingerprint density at radius 1 is 1.47 bits per heavy atom. The lowest BCUT2D eigenvalue weighted by atomic mass is 10.1. The van der Waals surface area contributed by atoms with Gasteiger partial charge in [-0.3, -0.25) is 0 Å². The quantitative estimate of drug-likeness (QED) is 0.801. The first-order chi connectivity index (χ1) is 6.88. The zero-order chi connectivity index (χ0) is 11.5. The summed E-state index contributed by atoms with van der Waals surface area (Å²) < 4.78 is 10.4. The minimum absolute atomic E-state index is 0.247. The SMILES string of the molecule is CC(C)c1nc(COCC(C)(C)N)no1. The first kappa shape index (κ1) is 12.1. The van der Waals surface area contributed by atoms with Crippen molar-refractivity contribution in [3.63, 3.8) is 0 Å². The largest absolute Gasteiger partial charge is 0.371 e. The molecular weight excluding hydrogens is 194 g/mol. The van der Waals surface area contributed by atoms with Crippen LogP contribution in [-0.4, -0.2) is 22.3 Å². The van der Waals surface area contributed by atoms with E-state index in [1.54, 1.807) is 0 Å². The third-order valence-corrected chi connectivity index (χ3v) is 1.68. The summed E-state index contributed by atoms with van der Waals surface area (Å²) in [6.45, 7) is 8.63. The molecule has 86 valence electrons. The highest BCUT2D eigenvalue weighted by molar-refractivity contribution is 4.89. The average molecular weight is 213 g/mol. The molecule has 0 atom stereocenters. The minimum Gasteiger partial charge on any atom is -0.371 e. The standard InChI is InChI=1S/C10H19N3O2/c1-7(2)9-12-8(13-15-9)5-14-6-10(3,4)11/h7H,5-6,11H2,1-4H3. The molecule has 0 saturated heterocycles. The van der Waals surface area contributed by atoms with Crippen molar-refractivity contribution in [2.75, 3.05) is 6.61 Å². The van der Waals surface area contributed by atoms with Crippen molar-refractivity contribution >= 4 is 0 Å². The van der Waals surface area contributed by atoms with Crippen LogP contribution in [0.2, 0.25) is 0 Å². The van der Waals surface area contributed by atoms with E-state index in [9.17, 15) is 0 Å². The van der Waals surface area contributed by atoms with Crippen LogP contribution in [0.3, 0.4) is 0 Å².